The highest BCUT2D eigenvalue weighted by Gasteiger charge is 2.41. The van der Waals surface area contributed by atoms with Crippen molar-refractivity contribution >= 4 is 29.9 Å². The van der Waals surface area contributed by atoms with Crippen LogP contribution < -0.4 is 5.32 Å². The average molecular weight is 569 g/mol. The molecule has 1 atom stereocenters. The second-order valence-corrected chi connectivity index (χ2v) is 8.12. The summed E-state index contributed by atoms with van der Waals surface area (Å²) >= 11 is 0. The largest absolute Gasteiger partial charge is 0.403 e. The van der Waals surface area contributed by atoms with E-state index in [1.54, 1.807) is 0 Å². The molecule has 0 aromatic heterocycles. The van der Waals surface area contributed by atoms with Crippen molar-refractivity contribution in [2.45, 2.75) is 39.2 Å². The van der Waals surface area contributed by atoms with E-state index in [0.717, 1.165) is 50.9 Å². The Kier molecular flexibility index (Phi) is 11.0. The van der Waals surface area contributed by atoms with Gasteiger partial charge in [-0.1, -0.05) is 24.3 Å². The Morgan fingerprint density at radius 2 is 1.62 bits per heavy atom. The van der Waals surface area contributed by atoms with Crippen molar-refractivity contribution in [1.82, 2.24) is 20.0 Å². The van der Waals surface area contributed by atoms with Gasteiger partial charge >= 0.3 is 6.18 Å². The summed E-state index contributed by atoms with van der Waals surface area (Å²) in [7, 11) is 0. The lowest BCUT2D eigenvalue weighted by Gasteiger charge is -2.39. The minimum absolute atomic E-state index is 0. The number of morpholine rings is 1. The Morgan fingerprint density at radius 3 is 2.19 bits per heavy atom. The zero-order valence-electron chi connectivity index (χ0n) is 18.9. The van der Waals surface area contributed by atoms with Crippen LogP contribution in [0.5, 0.6) is 0 Å². The second kappa shape index (κ2) is 13.0. The number of rotatable bonds is 6. The van der Waals surface area contributed by atoms with E-state index >= 15 is 0 Å². The van der Waals surface area contributed by atoms with Crippen LogP contribution in [-0.4, -0.2) is 91.9 Å². The molecule has 2 heterocycles. The van der Waals surface area contributed by atoms with E-state index in [0.29, 0.717) is 32.7 Å². The van der Waals surface area contributed by atoms with Crippen LogP contribution in [0.3, 0.4) is 0 Å². The van der Waals surface area contributed by atoms with Crippen molar-refractivity contribution in [2.75, 3.05) is 59.0 Å². The molecule has 32 heavy (non-hydrogen) atoms. The highest BCUT2D eigenvalue weighted by molar-refractivity contribution is 14.0. The lowest BCUT2D eigenvalue weighted by atomic mass is 10.1. The topological polar surface area (TPSA) is 43.3 Å². The van der Waals surface area contributed by atoms with Crippen molar-refractivity contribution in [1.29, 1.82) is 0 Å². The molecule has 6 nitrogen and oxygen atoms in total. The Morgan fingerprint density at radius 1 is 1.03 bits per heavy atom. The number of hydrogen-bond acceptors (Lipinski definition) is 4. The lowest BCUT2D eigenvalue weighted by molar-refractivity contribution is -0.181. The highest BCUT2D eigenvalue weighted by Crippen LogP contribution is 2.25. The zero-order valence-corrected chi connectivity index (χ0v) is 21.2. The van der Waals surface area contributed by atoms with Crippen LogP contribution in [0, 0.1) is 0 Å². The van der Waals surface area contributed by atoms with E-state index < -0.39 is 12.2 Å². The molecule has 1 aromatic rings. The van der Waals surface area contributed by atoms with Crippen LogP contribution in [0.4, 0.5) is 13.2 Å². The van der Waals surface area contributed by atoms with Crippen molar-refractivity contribution in [3.8, 4) is 0 Å². The van der Waals surface area contributed by atoms with E-state index in [-0.39, 0.29) is 24.0 Å². The molecule has 2 saturated heterocycles. The van der Waals surface area contributed by atoms with Gasteiger partial charge < -0.3 is 15.0 Å². The van der Waals surface area contributed by atoms with E-state index in [9.17, 15) is 13.2 Å². The van der Waals surface area contributed by atoms with Gasteiger partial charge in [0.2, 0.25) is 0 Å². The molecule has 1 N–H and O–H groups in total. The summed E-state index contributed by atoms with van der Waals surface area (Å²) in [5.74, 6) is 0.763. The number of ether oxygens (including phenoxy) is 1. The van der Waals surface area contributed by atoms with Gasteiger partial charge in [-0.2, -0.15) is 13.2 Å². The summed E-state index contributed by atoms with van der Waals surface area (Å²) in [6, 6.07) is 7.08. The Bertz CT molecular complexity index is 703. The summed E-state index contributed by atoms with van der Waals surface area (Å²) in [6.45, 7) is 10.8. The van der Waals surface area contributed by atoms with Gasteiger partial charge in [0.05, 0.1) is 19.8 Å². The van der Waals surface area contributed by atoms with Crippen molar-refractivity contribution in [2.24, 2.45) is 4.99 Å². The summed E-state index contributed by atoms with van der Waals surface area (Å²) < 4.78 is 44.3. The fourth-order valence-corrected chi connectivity index (χ4v) is 3.89. The number of aliphatic imine (C=N–C) groups is 1. The molecule has 0 radical (unpaired) electrons. The number of halogens is 4. The molecule has 0 aliphatic carbocycles. The molecule has 1 unspecified atom stereocenters. The van der Waals surface area contributed by atoms with Crippen LogP contribution in [0.2, 0.25) is 0 Å². The van der Waals surface area contributed by atoms with Gasteiger partial charge in [0.15, 0.2) is 5.96 Å². The maximum absolute atomic E-state index is 13.0. The molecule has 2 aliphatic heterocycles. The fraction of sp³-hybridized carbons (Fsp3) is 0.682. The Balaban J connectivity index is 0.00000363. The van der Waals surface area contributed by atoms with Gasteiger partial charge in [0.1, 0.15) is 6.04 Å². The number of hydrogen-bond donors (Lipinski definition) is 1. The van der Waals surface area contributed by atoms with E-state index in [2.05, 4.69) is 39.4 Å². The summed E-state index contributed by atoms with van der Waals surface area (Å²) in [4.78, 5) is 10.7. The van der Waals surface area contributed by atoms with Crippen molar-refractivity contribution < 1.29 is 17.9 Å². The minimum Gasteiger partial charge on any atom is -0.379 e. The molecule has 0 saturated carbocycles. The molecule has 1 aromatic carbocycles. The molecule has 0 bridgehead atoms. The SMILES string of the molecule is CCNC(=NCc1ccc(CN2CCOCC2)cc1)N1CCN(C(C)C(F)(F)F)CC1.I. The third-order valence-corrected chi connectivity index (χ3v) is 5.91. The van der Waals surface area contributed by atoms with Crippen LogP contribution >= 0.6 is 24.0 Å². The zero-order chi connectivity index (χ0) is 22.3. The van der Waals surface area contributed by atoms with Gasteiger partial charge in [-0.15, -0.1) is 24.0 Å². The molecule has 2 aliphatic rings. The molecule has 0 spiro atoms. The van der Waals surface area contributed by atoms with Gasteiger partial charge in [-0.3, -0.25) is 9.80 Å². The third-order valence-electron chi connectivity index (χ3n) is 5.91. The number of alkyl halides is 3. The quantitative estimate of drug-likeness (QED) is 0.324. The molecule has 3 rings (SSSR count). The van der Waals surface area contributed by atoms with Crippen LogP contribution in [0.25, 0.3) is 0 Å². The number of benzene rings is 1. The predicted octanol–water partition coefficient (Wildman–Crippen LogP) is 3.17. The first-order chi connectivity index (χ1) is 14.9. The Hall–Kier alpha value is -1.11. The highest BCUT2D eigenvalue weighted by atomic mass is 127. The van der Waals surface area contributed by atoms with Gasteiger partial charge in [0.25, 0.3) is 0 Å². The first-order valence-corrected chi connectivity index (χ1v) is 11.1. The molecular weight excluding hydrogens is 534 g/mol. The van der Waals surface area contributed by atoms with Crippen molar-refractivity contribution in [3.63, 3.8) is 0 Å². The predicted molar refractivity (Wildman–Crippen MR) is 131 cm³/mol. The van der Waals surface area contributed by atoms with Gasteiger partial charge in [-0.05, 0) is 25.0 Å². The average Bonchev–Trinajstić information content (AvgIpc) is 2.77. The normalized spacial score (nSPS) is 20.0. The van der Waals surface area contributed by atoms with Crippen LogP contribution in [0.15, 0.2) is 29.3 Å². The third kappa shape index (κ3) is 8.03. The summed E-state index contributed by atoms with van der Waals surface area (Å²) in [5.41, 5.74) is 2.39. The fourth-order valence-electron chi connectivity index (χ4n) is 3.89. The van der Waals surface area contributed by atoms with Crippen LogP contribution in [0.1, 0.15) is 25.0 Å². The maximum atomic E-state index is 13.0. The van der Waals surface area contributed by atoms with Gasteiger partial charge in [0, 0.05) is 52.4 Å². The maximum Gasteiger partial charge on any atom is 0.403 e. The summed E-state index contributed by atoms with van der Waals surface area (Å²) in [6.07, 6.45) is -4.19. The number of piperazine rings is 1. The van der Waals surface area contributed by atoms with Crippen molar-refractivity contribution in [3.05, 3.63) is 35.4 Å². The molecule has 0 amide bonds. The Labute approximate surface area is 206 Å². The minimum atomic E-state index is -4.19. The number of nitrogens with zero attached hydrogens (tertiary/aromatic N) is 4. The first kappa shape index (κ1) is 27.1. The number of nitrogens with one attached hydrogen (secondary N) is 1. The molecular formula is C22H35F3IN5O. The van der Waals surface area contributed by atoms with Crippen LogP contribution in [-0.2, 0) is 17.8 Å². The molecule has 10 heteroatoms. The smallest absolute Gasteiger partial charge is 0.379 e. The number of guanidine groups is 1. The van der Waals surface area contributed by atoms with E-state index in [4.69, 9.17) is 9.73 Å². The van der Waals surface area contributed by atoms with E-state index in [1.807, 2.05) is 6.92 Å². The summed E-state index contributed by atoms with van der Waals surface area (Å²) in [5, 5.41) is 3.28. The van der Waals surface area contributed by atoms with Gasteiger partial charge in [-0.25, -0.2) is 4.99 Å². The second-order valence-electron chi connectivity index (χ2n) is 8.12. The molecule has 182 valence electrons. The monoisotopic (exact) mass is 569 g/mol. The molecule has 2 fully saturated rings. The standard InChI is InChI=1S/C22H34F3N5O.HI/c1-3-26-21(30-10-8-29(9-11-30)18(2)22(23,24)25)27-16-19-4-6-20(7-5-19)17-28-12-14-31-15-13-28;/h4-7,18H,3,8-17H2,1-2H3,(H,26,27);1H. The van der Waals surface area contributed by atoms with E-state index in [1.165, 1.54) is 17.4 Å². The lowest BCUT2D eigenvalue weighted by Crippen LogP contribution is -2.56. The first-order valence-electron chi connectivity index (χ1n) is 11.1.